The van der Waals surface area contributed by atoms with E-state index in [9.17, 15) is 32.9 Å². The highest BCUT2D eigenvalue weighted by molar-refractivity contribution is 6.32. The Kier molecular flexibility index (Phi) is 13.9. The molecule has 2 rings (SSSR count). The Balaban J connectivity index is 1.76. The second-order valence-electron chi connectivity index (χ2n) is 7.51. The van der Waals surface area contributed by atoms with Gasteiger partial charge in [0, 0.05) is 12.1 Å². The highest BCUT2D eigenvalue weighted by Crippen LogP contribution is 2.37. The van der Waals surface area contributed by atoms with Crippen LogP contribution in [0.25, 0.3) is 0 Å². The van der Waals surface area contributed by atoms with Gasteiger partial charge in [-0.3, -0.25) is 14.9 Å². The number of hydrogen-bond acceptors (Lipinski definition) is 10. The summed E-state index contributed by atoms with van der Waals surface area (Å²) in [4.78, 5) is 33.9. The molecule has 0 N–H and O–H groups in total. The largest absolute Gasteiger partial charge is 0.462 e. The number of nitro groups is 1. The van der Waals surface area contributed by atoms with Crippen molar-refractivity contribution in [2.75, 3.05) is 58.7 Å². The zero-order valence-corrected chi connectivity index (χ0v) is 22.3. The minimum Gasteiger partial charge on any atom is -0.462 e. The number of benzene rings is 2. The first-order valence-electron chi connectivity index (χ1n) is 11.5. The van der Waals surface area contributed by atoms with Crippen LogP contribution in [0.1, 0.15) is 15.9 Å². The molecule has 2 aromatic carbocycles. The maximum Gasteiger partial charge on any atom is 0.416 e. The second-order valence-corrected chi connectivity index (χ2v) is 8.18. The summed E-state index contributed by atoms with van der Waals surface area (Å²) in [5.41, 5.74) is -1.99. The molecule has 0 heterocycles. The van der Waals surface area contributed by atoms with Crippen molar-refractivity contribution in [3.8, 4) is 11.5 Å². The van der Waals surface area contributed by atoms with Crippen LogP contribution < -0.4 is 4.74 Å². The summed E-state index contributed by atoms with van der Waals surface area (Å²) in [5.74, 6) is -2.04. The van der Waals surface area contributed by atoms with E-state index >= 15 is 0 Å². The van der Waals surface area contributed by atoms with Crippen LogP contribution in [0.5, 0.6) is 11.5 Å². The van der Waals surface area contributed by atoms with Gasteiger partial charge in [-0.1, -0.05) is 11.6 Å². The van der Waals surface area contributed by atoms with Crippen molar-refractivity contribution in [3.05, 3.63) is 62.7 Å². The van der Waals surface area contributed by atoms with E-state index in [0.29, 0.717) is 6.07 Å². The van der Waals surface area contributed by atoms with Gasteiger partial charge in [0.1, 0.15) is 36.2 Å². The van der Waals surface area contributed by atoms with Crippen LogP contribution in [-0.2, 0) is 34.7 Å². The third-order valence-electron chi connectivity index (χ3n) is 4.68. The number of nitrogens with zero attached hydrogens (tertiary/aromatic N) is 1. The predicted octanol–water partition coefficient (Wildman–Crippen LogP) is 5.05. The number of ether oxygens (including phenoxy) is 6. The molecule has 16 heteroatoms. The summed E-state index contributed by atoms with van der Waals surface area (Å²) < 4.78 is 69.4. The zero-order valence-electron chi connectivity index (χ0n) is 20.7. The molecule has 0 spiro atoms. The number of carbonyl (C=O) groups excluding carboxylic acids is 2. The van der Waals surface area contributed by atoms with Gasteiger partial charge in [0.15, 0.2) is 0 Å². The van der Waals surface area contributed by atoms with Gasteiger partial charge < -0.3 is 28.4 Å². The van der Waals surface area contributed by atoms with Gasteiger partial charge in [0.2, 0.25) is 0 Å². The van der Waals surface area contributed by atoms with Crippen LogP contribution in [0.2, 0.25) is 5.02 Å². The number of hydrogen-bond donors (Lipinski definition) is 0. The van der Waals surface area contributed by atoms with Gasteiger partial charge in [0.25, 0.3) is 5.69 Å². The van der Waals surface area contributed by atoms with Crippen LogP contribution in [-0.4, -0.2) is 75.6 Å². The van der Waals surface area contributed by atoms with Crippen molar-refractivity contribution in [3.63, 3.8) is 0 Å². The average Bonchev–Trinajstić information content (AvgIpc) is 2.91. The molecule has 0 amide bonds. The molecule has 2 aromatic rings. The van der Waals surface area contributed by atoms with Crippen molar-refractivity contribution in [1.29, 1.82) is 0 Å². The average molecular weight is 614 g/mol. The van der Waals surface area contributed by atoms with E-state index in [4.69, 9.17) is 51.6 Å². The van der Waals surface area contributed by atoms with Crippen LogP contribution in [0.15, 0.2) is 36.4 Å². The summed E-state index contributed by atoms with van der Waals surface area (Å²) in [5, 5.41) is 11.0. The Labute approximate surface area is 236 Å². The zero-order chi connectivity index (χ0) is 29.5. The summed E-state index contributed by atoms with van der Waals surface area (Å²) in [6.07, 6.45) is -4.61. The van der Waals surface area contributed by atoms with Crippen LogP contribution in [0.4, 0.5) is 18.9 Å². The van der Waals surface area contributed by atoms with Crippen molar-refractivity contribution in [2.45, 2.75) is 6.18 Å². The molecule has 40 heavy (non-hydrogen) atoms. The Bertz CT molecular complexity index is 1150. The lowest BCUT2D eigenvalue weighted by atomic mass is 10.1. The molecule has 11 nitrogen and oxygen atoms in total. The lowest BCUT2D eigenvalue weighted by Gasteiger charge is -2.12. The summed E-state index contributed by atoms with van der Waals surface area (Å²) in [7, 11) is 0. The first-order valence-corrected chi connectivity index (χ1v) is 12.4. The normalized spacial score (nSPS) is 11.2. The second kappa shape index (κ2) is 16.8. The van der Waals surface area contributed by atoms with E-state index in [-0.39, 0.29) is 75.3 Å². The topological polar surface area (TPSA) is 133 Å². The van der Waals surface area contributed by atoms with Crippen LogP contribution in [0.3, 0.4) is 0 Å². The predicted molar refractivity (Wildman–Crippen MR) is 134 cm³/mol. The fraction of sp³-hybridized carbons (Fsp3) is 0.417. The number of halogens is 5. The van der Waals surface area contributed by atoms with Crippen molar-refractivity contribution in [2.24, 2.45) is 0 Å². The van der Waals surface area contributed by atoms with E-state index < -0.39 is 39.9 Å². The van der Waals surface area contributed by atoms with Gasteiger partial charge in [-0.2, -0.15) is 13.2 Å². The smallest absolute Gasteiger partial charge is 0.416 e. The van der Waals surface area contributed by atoms with Crippen molar-refractivity contribution >= 4 is 40.8 Å². The highest BCUT2D eigenvalue weighted by Gasteiger charge is 2.31. The number of rotatable bonds is 17. The fourth-order valence-electron chi connectivity index (χ4n) is 2.85. The Hall–Kier alpha value is -3.17. The molecule has 0 saturated carbocycles. The molecule has 0 aliphatic carbocycles. The minimum atomic E-state index is -4.61. The van der Waals surface area contributed by atoms with E-state index in [1.165, 1.54) is 0 Å². The number of carbonyl (C=O) groups is 2. The molecule has 0 aliphatic heterocycles. The molecular formula is C24H24Cl2F3NO10. The fourth-order valence-corrected chi connectivity index (χ4v) is 3.15. The van der Waals surface area contributed by atoms with Gasteiger partial charge in [-0.05, 0) is 24.3 Å². The standard InChI is InChI=1S/C24H24Cl2F3NO10/c25-15-22(31)38-11-9-36-7-5-35-6-8-37-10-12-39-23(32)18-14-17(2-3-20(18)30(33)34)40-21-4-1-16(13-19(21)26)24(27,28)29/h1-4,13-14H,5-12,15H2. The maximum absolute atomic E-state index is 12.8. The quantitative estimate of drug-likeness (QED) is 0.0784. The SMILES string of the molecule is O=C(CCl)OCCOCCOCCOCCOC(=O)c1cc(Oc2ccc(C(F)(F)F)cc2Cl)ccc1[N+](=O)[O-]. The van der Waals surface area contributed by atoms with E-state index in [1.54, 1.807) is 0 Å². The number of alkyl halides is 4. The lowest BCUT2D eigenvalue weighted by molar-refractivity contribution is -0.385. The van der Waals surface area contributed by atoms with Gasteiger partial charge >= 0.3 is 18.1 Å². The van der Waals surface area contributed by atoms with Gasteiger partial charge in [-0.15, -0.1) is 11.6 Å². The molecular weight excluding hydrogens is 590 g/mol. The number of esters is 2. The molecule has 0 radical (unpaired) electrons. The van der Waals surface area contributed by atoms with Gasteiger partial charge in [-0.25, -0.2) is 4.79 Å². The Morgan fingerprint density at radius 3 is 1.95 bits per heavy atom. The first-order chi connectivity index (χ1) is 19.0. The summed E-state index contributed by atoms with van der Waals surface area (Å²) >= 11 is 11.1. The lowest BCUT2D eigenvalue weighted by Crippen LogP contribution is -2.16. The molecule has 0 saturated heterocycles. The molecule has 0 aromatic heterocycles. The molecule has 0 atom stereocenters. The monoisotopic (exact) mass is 613 g/mol. The third kappa shape index (κ3) is 11.5. The van der Waals surface area contributed by atoms with Crippen molar-refractivity contribution in [1.82, 2.24) is 0 Å². The summed E-state index contributed by atoms with van der Waals surface area (Å²) in [6.45, 7) is 0.951. The molecule has 220 valence electrons. The molecule has 0 unspecified atom stereocenters. The maximum atomic E-state index is 12.8. The van der Waals surface area contributed by atoms with Crippen LogP contribution >= 0.6 is 23.2 Å². The minimum absolute atomic E-state index is 0.0251. The van der Waals surface area contributed by atoms with Crippen molar-refractivity contribution < 1.29 is 56.1 Å². The Morgan fingerprint density at radius 2 is 1.43 bits per heavy atom. The third-order valence-corrected chi connectivity index (χ3v) is 5.19. The van der Waals surface area contributed by atoms with E-state index in [1.807, 2.05) is 0 Å². The number of nitro benzene ring substituents is 1. The van der Waals surface area contributed by atoms with Crippen LogP contribution in [0, 0.1) is 10.1 Å². The summed E-state index contributed by atoms with van der Waals surface area (Å²) in [6, 6.07) is 5.59. The molecule has 0 aliphatic rings. The first kappa shape index (κ1) is 33.0. The Morgan fingerprint density at radius 1 is 0.850 bits per heavy atom. The van der Waals surface area contributed by atoms with E-state index in [2.05, 4.69) is 0 Å². The van der Waals surface area contributed by atoms with E-state index in [0.717, 1.165) is 30.3 Å². The molecule has 0 bridgehead atoms. The van der Waals surface area contributed by atoms with Gasteiger partial charge in [0.05, 0.1) is 55.2 Å². The molecule has 0 fully saturated rings. The highest BCUT2D eigenvalue weighted by atomic mass is 35.5.